The van der Waals surface area contributed by atoms with Crippen molar-refractivity contribution in [1.29, 1.82) is 0 Å². The summed E-state index contributed by atoms with van der Waals surface area (Å²) in [5.41, 5.74) is 11.8. The number of primary amides is 1. The molecule has 1 aliphatic rings. The van der Waals surface area contributed by atoms with E-state index in [0.29, 0.717) is 30.8 Å². The summed E-state index contributed by atoms with van der Waals surface area (Å²) in [6.45, 7) is 0.594. The van der Waals surface area contributed by atoms with Gasteiger partial charge in [0.25, 0.3) is 0 Å². The molecule has 0 heterocycles. The van der Waals surface area contributed by atoms with Crippen molar-refractivity contribution >= 4 is 17.5 Å². The molecule has 1 aromatic carbocycles. The minimum absolute atomic E-state index is 0.0553. The minimum atomic E-state index is -2.51. The van der Waals surface area contributed by atoms with Crippen LogP contribution in [0.5, 0.6) is 5.75 Å². The van der Waals surface area contributed by atoms with Crippen LogP contribution in [0, 0.1) is 5.92 Å². The maximum Gasteiger partial charge on any atom is 0.409 e. The Labute approximate surface area is 121 Å². The lowest BCUT2D eigenvalue weighted by Crippen LogP contribution is -2.28. The van der Waals surface area contributed by atoms with Gasteiger partial charge >= 0.3 is 6.09 Å². The molecule has 0 aliphatic heterocycles. The predicted molar refractivity (Wildman–Crippen MR) is 76.5 cm³/mol. The largest absolute Gasteiger partial charge is 0.410 e. The molecule has 0 atom stereocenters. The van der Waals surface area contributed by atoms with Gasteiger partial charge in [-0.15, -0.1) is 0 Å². The van der Waals surface area contributed by atoms with Crippen LogP contribution in [0.3, 0.4) is 0 Å². The molecule has 5 N–H and O–H groups in total. The number of amides is 1. The average molecular weight is 299 g/mol. The zero-order chi connectivity index (χ0) is 15.5. The number of carbonyl (C=O) groups excluding carboxylic acids is 1. The monoisotopic (exact) mass is 299 g/mol. The van der Waals surface area contributed by atoms with Crippen molar-refractivity contribution in [2.45, 2.75) is 31.6 Å². The molecule has 5 nitrogen and oxygen atoms in total. The Balaban J connectivity index is 1.87. The number of halogens is 2. The number of nitrogens with two attached hydrogens (primary N) is 2. The van der Waals surface area contributed by atoms with Crippen molar-refractivity contribution in [2.75, 3.05) is 17.6 Å². The molecule has 0 bridgehead atoms. The van der Waals surface area contributed by atoms with Gasteiger partial charge in [0.1, 0.15) is 5.75 Å². The summed E-state index contributed by atoms with van der Waals surface area (Å²) >= 11 is 0. The van der Waals surface area contributed by atoms with E-state index >= 15 is 0 Å². The fourth-order valence-electron chi connectivity index (χ4n) is 2.44. The topological polar surface area (TPSA) is 90.4 Å². The van der Waals surface area contributed by atoms with Crippen LogP contribution in [0.15, 0.2) is 18.2 Å². The molecule has 1 amide bonds. The Bertz CT molecular complexity index is 513. The number of ether oxygens (including phenoxy) is 1. The maximum absolute atomic E-state index is 13.1. The number of anilines is 2. The van der Waals surface area contributed by atoms with E-state index in [1.54, 1.807) is 12.1 Å². The van der Waals surface area contributed by atoms with Gasteiger partial charge in [-0.05, 0) is 30.9 Å². The minimum Gasteiger partial charge on any atom is -0.410 e. The molecule has 21 heavy (non-hydrogen) atoms. The number of carbonyl (C=O) groups is 1. The summed E-state index contributed by atoms with van der Waals surface area (Å²) in [6.07, 6.45) is -0.00958. The lowest BCUT2D eigenvalue weighted by molar-refractivity contribution is -0.0443. The van der Waals surface area contributed by atoms with Gasteiger partial charge in [-0.2, -0.15) is 0 Å². The van der Waals surface area contributed by atoms with E-state index in [1.165, 1.54) is 6.07 Å². The van der Waals surface area contributed by atoms with Gasteiger partial charge in [0.2, 0.25) is 5.92 Å². The first kappa shape index (κ1) is 15.3. The molecule has 1 aliphatic carbocycles. The number of hydrogen-bond donors (Lipinski definition) is 3. The summed E-state index contributed by atoms with van der Waals surface area (Å²) in [6, 6.07) is 4.73. The molecular weight excluding hydrogens is 280 g/mol. The third kappa shape index (κ3) is 4.47. The fourth-order valence-corrected chi connectivity index (χ4v) is 2.44. The van der Waals surface area contributed by atoms with Gasteiger partial charge in [0, 0.05) is 25.5 Å². The second kappa shape index (κ2) is 6.15. The van der Waals surface area contributed by atoms with E-state index in [2.05, 4.69) is 5.32 Å². The SMILES string of the molecule is NC(=O)Oc1ccc(NCC2CCC(F)(F)CC2)c(N)c1. The molecule has 1 saturated carbocycles. The normalized spacial score (nSPS) is 18.2. The first-order valence-corrected chi connectivity index (χ1v) is 6.84. The summed E-state index contributed by atoms with van der Waals surface area (Å²) in [4.78, 5) is 10.6. The van der Waals surface area contributed by atoms with Gasteiger partial charge in [0.15, 0.2) is 0 Å². The molecule has 1 aromatic rings. The van der Waals surface area contributed by atoms with Crippen LogP contribution in [0.25, 0.3) is 0 Å². The Kier molecular flexibility index (Phi) is 4.50. The van der Waals surface area contributed by atoms with E-state index < -0.39 is 12.0 Å². The van der Waals surface area contributed by atoms with Crippen molar-refractivity contribution in [2.24, 2.45) is 11.7 Å². The van der Waals surface area contributed by atoms with Gasteiger partial charge < -0.3 is 21.5 Å². The molecule has 1 fully saturated rings. The van der Waals surface area contributed by atoms with E-state index in [4.69, 9.17) is 16.2 Å². The highest BCUT2D eigenvalue weighted by atomic mass is 19.3. The van der Waals surface area contributed by atoms with Crippen LogP contribution < -0.4 is 21.5 Å². The lowest BCUT2D eigenvalue weighted by Gasteiger charge is -2.28. The van der Waals surface area contributed by atoms with Crippen molar-refractivity contribution in [1.82, 2.24) is 0 Å². The first-order chi connectivity index (χ1) is 9.85. The number of hydrogen-bond acceptors (Lipinski definition) is 4. The number of alkyl halides is 2. The Morgan fingerprint density at radius 3 is 2.62 bits per heavy atom. The van der Waals surface area contributed by atoms with E-state index in [1.807, 2.05) is 0 Å². The van der Waals surface area contributed by atoms with Crippen LogP contribution in [0.4, 0.5) is 25.0 Å². The van der Waals surface area contributed by atoms with Gasteiger partial charge in [-0.25, -0.2) is 13.6 Å². The fraction of sp³-hybridized carbons (Fsp3) is 0.500. The molecular formula is C14H19F2N3O2. The first-order valence-electron chi connectivity index (χ1n) is 6.84. The van der Waals surface area contributed by atoms with Gasteiger partial charge in [0.05, 0.1) is 11.4 Å². The molecule has 0 spiro atoms. The zero-order valence-corrected chi connectivity index (χ0v) is 11.6. The van der Waals surface area contributed by atoms with Gasteiger partial charge in [-0.3, -0.25) is 0 Å². The standard InChI is InChI=1S/C14H19F2N3O2/c15-14(16)5-3-9(4-6-14)8-19-12-2-1-10(7-11(12)17)21-13(18)20/h1-2,7,9,19H,3-6,8,17H2,(H2,18,20). The lowest BCUT2D eigenvalue weighted by atomic mass is 9.87. The summed E-state index contributed by atoms with van der Waals surface area (Å²) in [5, 5.41) is 3.15. The zero-order valence-electron chi connectivity index (χ0n) is 11.6. The molecule has 2 rings (SSSR count). The molecule has 0 saturated heterocycles. The van der Waals surface area contributed by atoms with E-state index in [9.17, 15) is 13.6 Å². The van der Waals surface area contributed by atoms with Crippen LogP contribution in [0.2, 0.25) is 0 Å². The number of benzene rings is 1. The highest BCUT2D eigenvalue weighted by Crippen LogP contribution is 2.36. The number of rotatable bonds is 4. The second-order valence-corrected chi connectivity index (χ2v) is 5.35. The maximum atomic E-state index is 13.1. The highest BCUT2D eigenvalue weighted by molar-refractivity contribution is 5.72. The van der Waals surface area contributed by atoms with Gasteiger partial charge in [-0.1, -0.05) is 0 Å². The summed E-state index contributed by atoms with van der Waals surface area (Å²) in [5.74, 6) is -2.03. The van der Waals surface area contributed by atoms with Crippen molar-refractivity contribution < 1.29 is 18.3 Å². The molecule has 0 unspecified atom stereocenters. The highest BCUT2D eigenvalue weighted by Gasteiger charge is 2.34. The van der Waals surface area contributed by atoms with E-state index in [-0.39, 0.29) is 24.5 Å². The Morgan fingerprint density at radius 1 is 1.38 bits per heavy atom. The van der Waals surface area contributed by atoms with Crippen LogP contribution in [-0.2, 0) is 0 Å². The number of nitrogens with one attached hydrogen (secondary N) is 1. The smallest absolute Gasteiger partial charge is 0.409 e. The molecule has 0 aromatic heterocycles. The second-order valence-electron chi connectivity index (χ2n) is 5.35. The van der Waals surface area contributed by atoms with Crippen molar-refractivity contribution in [3.05, 3.63) is 18.2 Å². The summed E-state index contributed by atoms with van der Waals surface area (Å²) < 4.78 is 30.8. The number of nitrogen functional groups attached to an aromatic ring is 1. The summed E-state index contributed by atoms with van der Waals surface area (Å²) in [7, 11) is 0. The van der Waals surface area contributed by atoms with Crippen LogP contribution >= 0.6 is 0 Å². The molecule has 116 valence electrons. The van der Waals surface area contributed by atoms with Crippen LogP contribution in [0.1, 0.15) is 25.7 Å². The molecule has 0 radical (unpaired) electrons. The van der Waals surface area contributed by atoms with Crippen molar-refractivity contribution in [3.8, 4) is 5.75 Å². The Morgan fingerprint density at radius 2 is 2.05 bits per heavy atom. The molecule has 7 heteroatoms. The third-order valence-electron chi connectivity index (χ3n) is 3.66. The van der Waals surface area contributed by atoms with Crippen LogP contribution in [-0.4, -0.2) is 18.6 Å². The average Bonchev–Trinajstić information content (AvgIpc) is 2.38. The third-order valence-corrected chi connectivity index (χ3v) is 3.66. The Hall–Kier alpha value is -2.05. The van der Waals surface area contributed by atoms with E-state index in [0.717, 1.165) is 0 Å². The predicted octanol–water partition coefficient (Wildman–Crippen LogP) is 2.96. The van der Waals surface area contributed by atoms with Crippen molar-refractivity contribution in [3.63, 3.8) is 0 Å². The quantitative estimate of drug-likeness (QED) is 0.745.